The molecule has 1 aliphatic rings. The third kappa shape index (κ3) is 3.50. The lowest BCUT2D eigenvalue weighted by Gasteiger charge is -2.25. The summed E-state index contributed by atoms with van der Waals surface area (Å²) in [6.07, 6.45) is 3.36. The van der Waals surface area contributed by atoms with Gasteiger partial charge in [-0.1, -0.05) is 48.4 Å². The number of hydrogen-bond donors (Lipinski definition) is 0. The average Bonchev–Trinajstić information content (AvgIpc) is 2.82. The summed E-state index contributed by atoms with van der Waals surface area (Å²) < 4.78 is 0. The van der Waals surface area contributed by atoms with E-state index in [1.54, 1.807) is 0 Å². The first kappa shape index (κ1) is 15.1. The maximum atomic E-state index is 12.7. The maximum absolute atomic E-state index is 12.7. The van der Waals surface area contributed by atoms with E-state index >= 15 is 0 Å². The molecule has 1 fully saturated rings. The lowest BCUT2D eigenvalue weighted by Crippen LogP contribution is -2.34. The van der Waals surface area contributed by atoms with Crippen molar-refractivity contribution in [3.05, 3.63) is 70.7 Å². The minimum absolute atomic E-state index is 0.140. The summed E-state index contributed by atoms with van der Waals surface area (Å²) in [7, 11) is 0. The lowest BCUT2D eigenvalue weighted by molar-refractivity contribution is 0.0754. The molecule has 1 saturated heterocycles. The van der Waals surface area contributed by atoms with Crippen molar-refractivity contribution in [2.75, 3.05) is 13.1 Å². The highest BCUT2D eigenvalue weighted by atomic mass is 35.5. The Morgan fingerprint density at radius 3 is 2.45 bits per heavy atom. The monoisotopic (exact) mass is 313 g/mol. The second-order valence-electron chi connectivity index (χ2n) is 5.86. The van der Waals surface area contributed by atoms with E-state index in [0.29, 0.717) is 5.92 Å². The third-order valence-electron chi connectivity index (χ3n) is 4.32. The highest BCUT2D eigenvalue weighted by molar-refractivity contribution is 6.30. The van der Waals surface area contributed by atoms with Crippen molar-refractivity contribution in [2.45, 2.75) is 25.2 Å². The number of hydrogen-bond acceptors (Lipinski definition) is 1. The molecular weight excluding hydrogens is 294 g/mol. The van der Waals surface area contributed by atoms with Gasteiger partial charge in [0.2, 0.25) is 0 Å². The average molecular weight is 314 g/mol. The van der Waals surface area contributed by atoms with Crippen LogP contribution < -0.4 is 0 Å². The molecule has 1 atom stereocenters. The predicted molar refractivity (Wildman–Crippen MR) is 90.4 cm³/mol. The summed E-state index contributed by atoms with van der Waals surface area (Å²) in [5, 5.41) is 0.759. The van der Waals surface area contributed by atoms with Crippen LogP contribution in [0.25, 0.3) is 0 Å². The Labute approximate surface area is 136 Å². The first-order valence-electron chi connectivity index (χ1n) is 7.84. The van der Waals surface area contributed by atoms with Gasteiger partial charge in [-0.15, -0.1) is 0 Å². The van der Waals surface area contributed by atoms with Gasteiger partial charge in [0.15, 0.2) is 0 Å². The van der Waals surface area contributed by atoms with Gasteiger partial charge in [0.25, 0.3) is 5.91 Å². The Morgan fingerprint density at radius 1 is 1.00 bits per heavy atom. The predicted octanol–water partition coefficient (Wildman–Crippen LogP) is 4.75. The van der Waals surface area contributed by atoms with Crippen LogP contribution in [0.15, 0.2) is 54.6 Å². The molecule has 2 nitrogen and oxygen atoms in total. The first-order valence-corrected chi connectivity index (χ1v) is 8.21. The summed E-state index contributed by atoms with van der Waals surface area (Å²) >= 11 is 5.98. The molecule has 22 heavy (non-hydrogen) atoms. The van der Waals surface area contributed by atoms with Crippen LogP contribution in [0, 0.1) is 0 Å². The number of carbonyl (C=O) groups is 1. The van der Waals surface area contributed by atoms with Crippen LogP contribution in [0.5, 0.6) is 0 Å². The Balaban J connectivity index is 1.78. The van der Waals surface area contributed by atoms with Gasteiger partial charge in [0, 0.05) is 29.6 Å². The van der Waals surface area contributed by atoms with Crippen molar-refractivity contribution < 1.29 is 4.79 Å². The van der Waals surface area contributed by atoms with Crippen LogP contribution in [0.3, 0.4) is 0 Å². The molecule has 2 aromatic rings. The molecule has 3 rings (SSSR count). The highest BCUT2D eigenvalue weighted by Crippen LogP contribution is 2.28. The van der Waals surface area contributed by atoms with E-state index in [-0.39, 0.29) is 5.91 Å². The minimum Gasteiger partial charge on any atom is -0.338 e. The standard InChI is InChI=1S/C19H20ClNO/c20-18-11-9-15(10-12-18)17-8-4-5-13-21(14-17)19(22)16-6-2-1-3-7-16/h1-3,6-7,9-12,17H,4-5,8,13-14H2. The topological polar surface area (TPSA) is 20.3 Å². The number of amides is 1. The van der Waals surface area contributed by atoms with Gasteiger partial charge in [0.05, 0.1) is 0 Å². The van der Waals surface area contributed by atoms with Crippen molar-refractivity contribution in [3.8, 4) is 0 Å². The molecule has 114 valence electrons. The summed E-state index contributed by atoms with van der Waals surface area (Å²) in [5.41, 5.74) is 2.05. The number of carbonyl (C=O) groups excluding carboxylic acids is 1. The van der Waals surface area contributed by atoms with Crippen molar-refractivity contribution in [1.29, 1.82) is 0 Å². The summed E-state index contributed by atoms with van der Waals surface area (Å²) in [4.78, 5) is 14.7. The van der Waals surface area contributed by atoms with Gasteiger partial charge in [-0.25, -0.2) is 0 Å². The quantitative estimate of drug-likeness (QED) is 0.783. The number of likely N-dealkylation sites (tertiary alicyclic amines) is 1. The minimum atomic E-state index is 0.140. The Hall–Kier alpha value is -1.80. The van der Waals surface area contributed by atoms with E-state index in [0.717, 1.165) is 42.9 Å². The van der Waals surface area contributed by atoms with Gasteiger partial charge in [-0.05, 0) is 42.7 Å². The summed E-state index contributed by atoms with van der Waals surface area (Å²) in [5.74, 6) is 0.536. The molecule has 0 spiro atoms. The fraction of sp³-hybridized carbons (Fsp3) is 0.316. The van der Waals surface area contributed by atoms with Gasteiger partial charge in [-0.3, -0.25) is 4.79 Å². The van der Waals surface area contributed by atoms with Crippen molar-refractivity contribution >= 4 is 17.5 Å². The highest BCUT2D eigenvalue weighted by Gasteiger charge is 2.23. The summed E-state index contributed by atoms with van der Waals surface area (Å²) in [6.45, 7) is 1.63. The van der Waals surface area contributed by atoms with Gasteiger partial charge >= 0.3 is 0 Å². The zero-order valence-electron chi connectivity index (χ0n) is 12.5. The van der Waals surface area contributed by atoms with Crippen LogP contribution in [0.1, 0.15) is 41.1 Å². The van der Waals surface area contributed by atoms with Gasteiger partial charge in [0.1, 0.15) is 0 Å². The molecule has 1 heterocycles. The largest absolute Gasteiger partial charge is 0.338 e. The third-order valence-corrected chi connectivity index (χ3v) is 4.57. The molecule has 0 radical (unpaired) electrons. The van der Waals surface area contributed by atoms with E-state index in [1.165, 1.54) is 5.56 Å². The SMILES string of the molecule is O=C(c1ccccc1)N1CCCCC(c2ccc(Cl)cc2)C1. The Bertz CT molecular complexity index is 624. The van der Waals surface area contributed by atoms with E-state index in [1.807, 2.05) is 47.4 Å². The second-order valence-corrected chi connectivity index (χ2v) is 6.30. The Morgan fingerprint density at radius 2 is 1.73 bits per heavy atom. The maximum Gasteiger partial charge on any atom is 0.253 e. The zero-order valence-corrected chi connectivity index (χ0v) is 13.3. The molecule has 3 heteroatoms. The molecule has 2 aromatic carbocycles. The number of nitrogens with zero attached hydrogens (tertiary/aromatic N) is 1. The smallest absolute Gasteiger partial charge is 0.253 e. The fourth-order valence-electron chi connectivity index (χ4n) is 3.10. The van der Waals surface area contributed by atoms with Crippen LogP contribution in [0.4, 0.5) is 0 Å². The molecule has 1 aliphatic heterocycles. The van der Waals surface area contributed by atoms with Crippen LogP contribution in [0.2, 0.25) is 5.02 Å². The zero-order chi connectivity index (χ0) is 15.4. The van der Waals surface area contributed by atoms with E-state index in [4.69, 9.17) is 11.6 Å². The lowest BCUT2D eigenvalue weighted by atomic mass is 9.94. The van der Waals surface area contributed by atoms with Crippen LogP contribution >= 0.6 is 11.6 Å². The van der Waals surface area contributed by atoms with Gasteiger partial charge in [-0.2, -0.15) is 0 Å². The molecule has 0 N–H and O–H groups in total. The number of benzene rings is 2. The molecular formula is C19H20ClNO. The second kappa shape index (κ2) is 6.97. The van der Waals surface area contributed by atoms with E-state index in [9.17, 15) is 4.79 Å². The fourth-order valence-corrected chi connectivity index (χ4v) is 3.22. The van der Waals surface area contributed by atoms with Crippen molar-refractivity contribution in [2.24, 2.45) is 0 Å². The van der Waals surface area contributed by atoms with Crippen LogP contribution in [-0.4, -0.2) is 23.9 Å². The molecule has 0 saturated carbocycles. The molecule has 0 bridgehead atoms. The van der Waals surface area contributed by atoms with E-state index < -0.39 is 0 Å². The Kier molecular flexibility index (Phi) is 4.79. The van der Waals surface area contributed by atoms with Crippen molar-refractivity contribution in [3.63, 3.8) is 0 Å². The molecule has 1 unspecified atom stereocenters. The van der Waals surface area contributed by atoms with Gasteiger partial charge < -0.3 is 4.90 Å². The normalized spacial score (nSPS) is 18.8. The van der Waals surface area contributed by atoms with Crippen LogP contribution in [-0.2, 0) is 0 Å². The summed E-state index contributed by atoms with van der Waals surface area (Å²) in [6, 6.07) is 17.6. The number of rotatable bonds is 2. The molecule has 0 aliphatic carbocycles. The number of halogens is 1. The first-order chi connectivity index (χ1) is 10.7. The van der Waals surface area contributed by atoms with Crippen molar-refractivity contribution in [1.82, 2.24) is 4.90 Å². The van der Waals surface area contributed by atoms with E-state index in [2.05, 4.69) is 12.1 Å². The molecule has 0 aromatic heterocycles. The molecule has 1 amide bonds.